The Hall–Kier alpha value is -1.43. The summed E-state index contributed by atoms with van der Waals surface area (Å²) in [5.74, 6) is -0.232. The van der Waals surface area contributed by atoms with Gasteiger partial charge in [0.1, 0.15) is 5.82 Å². The van der Waals surface area contributed by atoms with Crippen molar-refractivity contribution < 1.29 is 4.39 Å². The van der Waals surface area contributed by atoms with Gasteiger partial charge in [0, 0.05) is 14.5 Å². The van der Waals surface area contributed by atoms with Crippen LogP contribution in [-0.2, 0) is 0 Å². The normalized spacial score (nSPS) is 11.1. The molecule has 3 rings (SSSR count). The third-order valence-electron chi connectivity index (χ3n) is 2.96. The van der Waals surface area contributed by atoms with Gasteiger partial charge in [0.05, 0.1) is 11.2 Å². The minimum Gasteiger partial charge on any atom is -0.277 e. The standard InChI is InChI=1S/C14H10FIN2/c1-8-6-13-11(7-12(8)16)14(18-17-13)9-2-4-10(15)5-3-9/h2-7H,1H3,(H,17,18). The Balaban J connectivity index is 2.23. The number of aryl methyl sites for hydroxylation is 1. The third kappa shape index (κ3) is 1.90. The zero-order valence-corrected chi connectivity index (χ0v) is 11.8. The number of hydrogen-bond donors (Lipinski definition) is 1. The summed E-state index contributed by atoms with van der Waals surface area (Å²) in [7, 11) is 0. The quantitative estimate of drug-likeness (QED) is 0.651. The number of rotatable bonds is 1. The van der Waals surface area contributed by atoms with E-state index in [1.165, 1.54) is 21.3 Å². The fraction of sp³-hybridized carbons (Fsp3) is 0.0714. The van der Waals surface area contributed by atoms with E-state index in [-0.39, 0.29) is 5.82 Å². The Labute approximate surface area is 117 Å². The Bertz CT molecular complexity index is 716. The lowest BCUT2D eigenvalue weighted by Crippen LogP contribution is -1.82. The minimum absolute atomic E-state index is 0.232. The zero-order chi connectivity index (χ0) is 12.7. The van der Waals surface area contributed by atoms with Crippen molar-refractivity contribution >= 4 is 33.5 Å². The molecule has 1 heterocycles. The van der Waals surface area contributed by atoms with Crippen LogP contribution in [0.25, 0.3) is 22.2 Å². The Morgan fingerprint density at radius 1 is 1.17 bits per heavy atom. The molecule has 0 spiro atoms. The number of halogens is 2. The summed E-state index contributed by atoms with van der Waals surface area (Å²) in [5.41, 5.74) is 4.01. The lowest BCUT2D eigenvalue weighted by atomic mass is 10.1. The first-order valence-corrected chi connectivity index (χ1v) is 6.63. The molecular weight excluding hydrogens is 342 g/mol. The molecule has 90 valence electrons. The van der Waals surface area contributed by atoms with Gasteiger partial charge in [-0.3, -0.25) is 5.10 Å². The second-order valence-corrected chi connectivity index (χ2v) is 5.39. The lowest BCUT2D eigenvalue weighted by Gasteiger charge is -2.00. The number of hydrogen-bond acceptors (Lipinski definition) is 1. The van der Waals surface area contributed by atoms with Crippen molar-refractivity contribution in [2.45, 2.75) is 6.92 Å². The first-order chi connectivity index (χ1) is 8.65. The highest BCUT2D eigenvalue weighted by Gasteiger charge is 2.09. The number of nitrogens with one attached hydrogen (secondary N) is 1. The summed E-state index contributed by atoms with van der Waals surface area (Å²) in [4.78, 5) is 0. The highest BCUT2D eigenvalue weighted by atomic mass is 127. The van der Waals surface area contributed by atoms with Crippen LogP contribution in [0.5, 0.6) is 0 Å². The molecule has 2 nitrogen and oxygen atoms in total. The van der Waals surface area contributed by atoms with E-state index in [0.717, 1.165) is 22.2 Å². The SMILES string of the molecule is Cc1cc2[nH]nc(-c3ccc(F)cc3)c2cc1I. The van der Waals surface area contributed by atoms with E-state index in [2.05, 4.69) is 51.8 Å². The molecule has 0 radical (unpaired) electrons. The van der Waals surface area contributed by atoms with Gasteiger partial charge >= 0.3 is 0 Å². The van der Waals surface area contributed by atoms with Crippen LogP contribution in [0.2, 0.25) is 0 Å². The molecule has 18 heavy (non-hydrogen) atoms. The fourth-order valence-electron chi connectivity index (χ4n) is 1.97. The molecule has 0 atom stereocenters. The maximum atomic E-state index is 12.9. The lowest BCUT2D eigenvalue weighted by molar-refractivity contribution is 0.628. The number of benzene rings is 2. The van der Waals surface area contributed by atoms with Crippen molar-refractivity contribution in [1.82, 2.24) is 10.2 Å². The molecule has 0 aliphatic heterocycles. The van der Waals surface area contributed by atoms with Crippen LogP contribution in [0.4, 0.5) is 4.39 Å². The van der Waals surface area contributed by atoms with E-state index in [4.69, 9.17) is 0 Å². The first-order valence-electron chi connectivity index (χ1n) is 5.55. The Morgan fingerprint density at radius 2 is 1.89 bits per heavy atom. The van der Waals surface area contributed by atoms with Gasteiger partial charge in [-0.2, -0.15) is 5.10 Å². The highest BCUT2D eigenvalue weighted by molar-refractivity contribution is 14.1. The maximum absolute atomic E-state index is 12.9. The van der Waals surface area contributed by atoms with Gasteiger partial charge in [0.25, 0.3) is 0 Å². The monoisotopic (exact) mass is 352 g/mol. The molecule has 0 amide bonds. The number of aromatic nitrogens is 2. The topological polar surface area (TPSA) is 28.7 Å². The summed E-state index contributed by atoms with van der Waals surface area (Å²) in [5, 5.41) is 8.42. The number of nitrogens with zero attached hydrogens (tertiary/aromatic N) is 1. The highest BCUT2D eigenvalue weighted by Crippen LogP contribution is 2.29. The van der Waals surface area contributed by atoms with Crippen molar-refractivity contribution in [1.29, 1.82) is 0 Å². The van der Waals surface area contributed by atoms with Crippen LogP contribution in [-0.4, -0.2) is 10.2 Å². The fourth-order valence-corrected chi connectivity index (χ4v) is 2.44. The Kier molecular flexibility index (Phi) is 2.81. The van der Waals surface area contributed by atoms with Crippen molar-refractivity contribution in [3.63, 3.8) is 0 Å². The molecule has 0 aliphatic carbocycles. The van der Waals surface area contributed by atoms with E-state index < -0.39 is 0 Å². The van der Waals surface area contributed by atoms with E-state index in [9.17, 15) is 4.39 Å². The minimum atomic E-state index is -0.232. The van der Waals surface area contributed by atoms with E-state index in [1.807, 2.05) is 0 Å². The van der Waals surface area contributed by atoms with Crippen LogP contribution < -0.4 is 0 Å². The summed E-state index contributed by atoms with van der Waals surface area (Å²) < 4.78 is 14.1. The van der Waals surface area contributed by atoms with Gasteiger partial charge in [-0.1, -0.05) is 0 Å². The number of H-pyrrole nitrogens is 1. The molecule has 1 N–H and O–H groups in total. The summed E-state index contributed by atoms with van der Waals surface area (Å²) in [6.45, 7) is 2.07. The van der Waals surface area contributed by atoms with E-state index >= 15 is 0 Å². The molecule has 0 unspecified atom stereocenters. The zero-order valence-electron chi connectivity index (χ0n) is 9.67. The largest absolute Gasteiger partial charge is 0.277 e. The van der Waals surface area contributed by atoms with Gasteiger partial charge < -0.3 is 0 Å². The van der Waals surface area contributed by atoms with Gasteiger partial charge in [0.2, 0.25) is 0 Å². The summed E-state index contributed by atoms with van der Waals surface area (Å²) in [6, 6.07) is 10.6. The molecule has 0 bridgehead atoms. The molecule has 3 aromatic rings. The first kappa shape index (κ1) is 11.6. The van der Waals surface area contributed by atoms with E-state index in [0.29, 0.717) is 0 Å². The van der Waals surface area contributed by atoms with Gasteiger partial charge in [0.15, 0.2) is 0 Å². The predicted molar refractivity (Wildman–Crippen MR) is 78.9 cm³/mol. The van der Waals surface area contributed by atoms with E-state index in [1.54, 1.807) is 12.1 Å². The van der Waals surface area contributed by atoms with Gasteiger partial charge in [-0.05, 0) is 71.5 Å². The predicted octanol–water partition coefficient (Wildman–Crippen LogP) is 4.28. The van der Waals surface area contributed by atoms with Gasteiger partial charge in [-0.15, -0.1) is 0 Å². The molecule has 4 heteroatoms. The van der Waals surface area contributed by atoms with Crippen molar-refractivity contribution in [2.24, 2.45) is 0 Å². The van der Waals surface area contributed by atoms with Gasteiger partial charge in [-0.25, -0.2) is 4.39 Å². The summed E-state index contributed by atoms with van der Waals surface area (Å²) >= 11 is 2.31. The average Bonchev–Trinajstić information content (AvgIpc) is 2.74. The molecule has 2 aromatic carbocycles. The molecule has 1 aromatic heterocycles. The van der Waals surface area contributed by atoms with Crippen LogP contribution in [0.3, 0.4) is 0 Å². The third-order valence-corrected chi connectivity index (χ3v) is 4.12. The molecule has 0 aliphatic rings. The molecule has 0 saturated carbocycles. The smallest absolute Gasteiger partial charge is 0.123 e. The maximum Gasteiger partial charge on any atom is 0.123 e. The van der Waals surface area contributed by atoms with Crippen molar-refractivity contribution in [3.8, 4) is 11.3 Å². The van der Waals surface area contributed by atoms with Crippen molar-refractivity contribution in [3.05, 3.63) is 51.3 Å². The van der Waals surface area contributed by atoms with Crippen molar-refractivity contribution in [2.75, 3.05) is 0 Å². The number of fused-ring (bicyclic) bond motifs is 1. The molecule has 0 fully saturated rings. The number of aromatic amines is 1. The molecule has 0 saturated heterocycles. The second kappa shape index (κ2) is 4.35. The van der Waals surface area contributed by atoms with Crippen LogP contribution in [0.15, 0.2) is 36.4 Å². The van der Waals surface area contributed by atoms with Crippen LogP contribution >= 0.6 is 22.6 Å². The molecular formula is C14H10FIN2. The van der Waals surface area contributed by atoms with Crippen LogP contribution in [0.1, 0.15) is 5.56 Å². The average molecular weight is 352 g/mol. The second-order valence-electron chi connectivity index (χ2n) is 4.23. The Morgan fingerprint density at radius 3 is 2.61 bits per heavy atom. The summed E-state index contributed by atoms with van der Waals surface area (Å²) in [6.07, 6.45) is 0. The van der Waals surface area contributed by atoms with Crippen LogP contribution in [0, 0.1) is 16.3 Å².